The van der Waals surface area contributed by atoms with Crippen molar-refractivity contribution in [2.75, 3.05) is 0 Å². The molecule has 60 valence electrons. The molecule has 0 saturated carbocycles. The fourth-order valence-electron chi connectivity index (χ4n) is 0.458. The molecule has 2 heterocycles. The molecule has 0 aromatic carbocycles. The van der Waals surface area contributed by atoms with Gasteiger partial charge in [-0.15, -0.1) is 5.10 Å². The first-order chi connectivity index (χ1) is 6.00. The van der Waals surface area contributed by atoms with Crippen molar-refractivity contribution >= 4 is 0 Å². The van der Waals surface area contributed by atoms with E-state index in [0.29, 0.717) is 0 Å². The van der Waals surface area contributed by atoms with Gasteiger partial charge in [0.25, 0.3) is 0 Å². The van der Waals surface area contributed by atoms with Gasteiger partial charge < -0.3 is 0 Å². The van der Waals surface area contributed by atoms with Crippen molar-refractivity contribution in [1.29, 1.82) is 0 Å². The van der Waals surface area contributed by atoms with Crippen molar-refractivity contribution in [3.8, 4) is 0 Å². The predicted octanol–water partition coefficient (Wildman–Crippen LogP) is 0.348. The molecule has 2 rings (SSSR count). The molecular weight excluding hydrogens is 154 g/mol. The van der Waals surface area contributed by atoms with Gasteiger partial charge in [-0.3, -0.25) is 0 Å². The van der Waals surface area contributed by atoms with Gasteiger partial charge in [-0.2, -0.15) is 15.3 Å². The van der Waals surface area contributed by atoms with E-state index in [1.165, 1.54) is 12.5 Å². The second-order valence-corrected chi connectivity index (χ2v) is 1.71. The molecule has 5 nitrogen and oxygen atoms in total. The zero-order valence-electron chi connectivity index (χ0n) is 6.28. The molecule has 12 heavy (non-hydrogen) atoms. The molecular formula is C7H7N5. The lowest BCUT2D eigenvalue weighted by Gasteiger charge is -1.69. The highest BCUT2D eigenvalue weighted by atomic mass is 15.1. The number of rotatable bonds is 0. The lowest BCUT2D eigenvalue weighted by Crippen LogP contribution is -1.75. The molecule has 0 fully saturated rings. The molecule has 0 unspecified atom stereocenters. The van der Waals surface area contributed by atoms with Gasteiger partial charge in [-0.05, 0) is 12.1 Å². The minimum absolute atomic E-state index is 1.39. The highest BCUT2D eigenvalue weighted by Gasteiger charge is 1.60. The maximum Gasteiger partial charge on any atom is 0.138 e. The standard InChI is InChI=1S/C4H4N2.C3H3N3/c1-2-4-6-5-3-1;1-2-5-6-3-4-1/h1-4H;1-3H. The molecule has 2 aromatic heterocycles. The molecule has 0 N–H and O–H groups in total. The normalized spacial score (nSPS) is 8.00. The van der Waals surface area contributed by atoms with Crippen LogP contribution in [0.4, 0.5) is 0 Å². The van der Waals surface area contributed by atoms with Crippen molar-refractivity contribution in [2.45, 2.75) is 0 Å². The smallest absolute Gasteiger partial charge is 0.138 e. The molecule has 0 saturated heterocycles. The summed E-state index contributed by atoms with van der Waals surface area (Å²) in [7, 11) is 0. The van der Waals surface area contributed by atoms with E-state index in [1.807, 2.05) is 12.1 Å². The fourth-order valence-corrected chi connectivity index (χ4v) is 0.458. The number of nitrogens with zero attached hydrogens (tertiary/aromatic N) is 5. The first-order valence-corrected chi connectivity index (χ1v) is 3.28. The third-order valence-corrected chi connectivity index (χ3v) is 0.888. The first kappa shape index (κ1) is 8.19. The molecule has 0 aliphatic rings. The van der Waals surface area contributed by atoms with E-state index < -0.39 is 0 Å². The average Bonchev–Trinajstić information content (AvgIpc) is 2.24. The Balaban J connectivity index is 0.000000120. The van der Waals surface area contributed by atoms with E-state index in [1.54, 1.807) is 18.6 Å². The largest absolute Gasteiger partial charge is 0.241 e. The minimum Gasteiger partial charge on any atom is -0.241 e. The molecule has 0 aliphatic heterocycles. The Bertz CT molecular complexity index is 187. The van der Waals surface area contributed by atoms with Crippen LogP contribution in [0.2, 0.25) is 0 Å². The van der Waals surface area contributed by atoms with Crippen LogP contribution in [0.15, 0.2) is 43.2 Å². The predicted molar refractivity (Wildman–Crippen MR) is 41.9 cm³/mol. The molecule has 0 bridgehead atoms. The third kappa shape index (κ3) is 3.99. The SMILES string of the molecule is c1ccnnc1.c1cnncn1. The molecule has 0 amide bonds. The van der Waals surface area contributed by atoms with Crippen molar-refractivity contribution in [1.82, 2.24) is 25.4 Å². The van der Waals surface area contributed by atoms with Crippen LogP contribution in [-0.2, 0) is 0 Å². The quantitative estimate of drug-likeness (QED) is 0.557. The maximum atomic E-state index is 3.61. The van der Waals surface area contributed by atoms with E-state index in [0.717, 1.165) is 0 Å². The van der Waals surface area contributed by atoms with Crippen LogP contribution in [0, 0.1) is 0 Å². The van der Waals surface area contributed by atoms with Gasteiger partial charge in [0.05, 0.1) is 6.20 Å². The Morgan fingerprint density at radius 2 is 1.25 bits per heavy atom. The molecule has 0 radical (unpaired) electrons. The minimum atomic E-state index is 1.39. The highest BCUT2D eigenvalue weighted by molar-refractivity contribution is 4.79. The fraction of sp³-hybridized carbons (Fsp3) is 0. The van der Waals surface area contributed by atoms with E-state index in [-0.39, 0.29) is 0 Å². The van der Waals surface area contributed by atoms with Gasteiger partial charge in [0.15, 0.2) is 0 Å². The zero-order valence-corrected chi connectivity index (χ0v) is 6.28. The Hall–Kier alpha value is -1.91. The lowest BCUT2D eigenvalue weighted by atomic mass is 10.6. The number of aromatic nitrogens is 5. The third-order valence-electron chi connectivity index (χ3n) is 0.888. The van der Waals surface area contributed by atoms with Crippen LogP contribution in [0.25, 0.3) is 0 Å². The van der Waals surface area contributed by atoms with Crippen molar-refractivity contribution < 1.29 is 0 Å². The van der Waals surface area contributed by atoms with Crippen LogP contribution in [0.5, 0.6) is 0 Å². The van der Waals surface area contributed by atoms with Crippen LogP contribution in [0.3, 0.4) is 0 Å². The molecule has 0 aliphatic carbocycles. The Kier molecular flexibility index (Phi) is 3.99. The second-order valence-electron chi connectivity index (χ2n) is 1.71. The Morgan fingerprint density at radius 3 is 1.42 bits per heavy atom. The van der Waals surface area contributed by atoms with Crippen LogP contribution >= 0.6 is 0 Å². The Labute approximate surface area is 69.5 Å². The van der Waals surface area contributed by atoms with Gasteiger partial charge in [0.1, 0.15) is 6.33 Å². The number of hydrogen-bond donors (Lipinski definition) is 0. The summed E-state index contributed by atoms with van der Waals surface area (Å²) in [4.78, 5) is 3.61. The highest BCUT2D eigenvalue weighted by Crippen LogP contribution is 1.68. The van der Waals surface area contributed by atoms with Crippen LogP contribution in [-0.4, -0.2) is 25.4 Å². The zero-order chi connectivity index (χ0) is 8.49. The first-order valence-electron chi connectivity index (χ1n) is 3.28. The summed E-state index contributed by atoms with van der Waals surface area (Å²) in [5.74, 6) is 0. The van der Waals surface area contributed by atoms with Crippen molar-refractivity contribution in [3.63, 3.8) is 0 Å². The van der Waals surface area contributed by atoms with Gasteiger partial charge in [-0.25, -0.2) is 4.98 Å². The summed E-state index contributed by atoms with van der Waals surface area (Å²) in [5.41, 5.74) is 0. The van der Waals surface area contributed by atoms with Crippen LogP contribution in [0.1, 0.15) is 0 Å². The van der Waals surface area contributed by atoms with Gasteiger partial charge in [-0.1, -0.05) is 0 Å². The van der Waals surface area contributed by atoms with Crippen molar-refractivity contribution in [3.05, 3.63) is 43.2 Å². The van der Waals surface area contributed by atoms with Gasteiger partial charge in [0, 0.05) is 18.6 Å². The molecule has 0 atom stereocenters. The lowest BCUT2D eigenvalue weighted by molar-refractivity contribution is 0.969. The van der Waals surface area contributed by atoms with Crippen LogP contribution < -0.4 is 0 Å². The van der Waals surface area contributed by atoms with E-state index in [9.17, 15) is 0 Å². The summed E-state index contributed by atoms with van der Waals surface area (Å²) in [5, 5.41) is 14.0. The maximum absolute atomic E-state index is 3.61. The summed E-state index contributed by atoms with van der Waals surface area (Å²) in [6.07, 6.45) is 7.77. The molecule has 2 aromatic rings. The monoisotopic (exact) mass is 161 g/mol. The topological polar surface area (TPSA) is 64.5 Å². The summed E-state index contributed by atoms with van der Waals surface area (Å²) >= 11 is 0. The molecule has 0 spiro atoms. The second kappa shape index (κ2) is 5.84. The van der Waals surface area contributed by atoms with E-state index >= 15 is 0 Å². The summed E-state index contributed by atoms with van der Waals surface area (Å²) in [6, 6.07) is 3.65. The molecule has 5 heteroatoms. The summed E-state index contributed by atoms with van der Waals surface area (Å²) in [6.45, 7) is 0. The average molecular weight is 161 g/mol. The summed E-state index contributed by atoms with van der Waals surface area (Å²) < 4.78 is 0. The number of hydrogen-bond acceptors (Lipinski definition) is 5. The van der Waals surface area contributed by atoms with E-state index in [4.69, 9.17) is 0 Å². The Morgan fingerprint density at radius 1 is 0.583 bits per heavy atom. The van der Waals surface area contributed by atoms with E-state index in [2.05, 4.69) is 25.4 Å². The van der Waals surface area contributed by atoms with Gasteiger partial charge >= 0.3 is 0 Å². The van der Waals surface area contributed by atoms with Crippen molar-refractivity contribution in [2.24, 2.45) is 0 Å². The van der Waals surface area contributed by atoms with Gasteiger partial charge in [0.2, 0.25) is 0 Å².